The number of sulfonamides is 1. The molecule has 0 aliphatic carbocycles. The van der Waals surface area contributed by atoms with Crippen molar-refractivity contribution in [1.29, 1.82) is 0 Å². The van der Waals surface area contributed by atoms with Crippen LogP contribution in [-0.2, 0) is 10.0 Å². The van der Waals surface area contributed by atoms with Crippen molar-refractivity contribution in [2.75, 3.05) is 30.2 Å². The summed E-state index contributed by atoms with van der Waals surface area (Å²) in [6.07, 6.45) is 2.03. The predicted octanol–water partition coefficient (Wildman–Crippen LogP) is 3.12. The van der Waals surface area contributed by atoms with Gasteiger partial charge in [-0.25, -0.2) is 13.2 Å². The van der Waals surface area contributed by atoms with E-state index in [0.29, 0.717) is 17.1 Å². The summed E-state index contributed by atoms with van der Waals surface area (Å²) in [6, 6.07) is 12.6. The molecule has 1 aliphatic heterocycles. The molecule has 138 valence electrons. The Labute approximate surface area is 153 Å². The van der Waals surface area contributed by atoms with Gasteiger partial charge in [-0.2, -0.15) is 0 Å². The zero-order chi connectivity index (χ0) is 18.6. The molecule has 1 fully saturated rings. The molecule has 1 aliphatic rings. The molecule has 26 heavy (non-hydrogen) atoms. The highest BCUT2D eigenvalue weighted by Gasteiger charge is 2.18. The van der Waals surface area contributed by atoms with Gasteiger partial charge in [0.05, 0.1) is 17.7 Å². The first-order valence-corrected chi connectivity index (χ1v) is 9.79. The van der Waals surface area contributed by atoms with E-state index in [-0.39, 0.29) is 10.9 Å². The maximum absolute atomic E-state index is 12.5. The van der Waals surface area contributed by atoms with Gasteiger partial charge in [-0.1, -0.05) is 6.07 Å². The van der Waals surface area contributed by atoms with Crippen LogP contribution in [0.2, 0.25) is 0 Å². The smallest absolute Gasteiger partial charge is 0.321 e. The lowest BCUT2D eigenvalue weighted by atomic mass is 10.3. The lowest BCUT2D eigenvalue weighted by Gasteiger charge is -2.16. The lowest BCUT2D eigenvalue weighted by molar-refractivity contribution is 0.222. The Morgan fingerprint density at radius 2 is 1.73 bits per heavy atom. The van der Waals surface area contributed by atoms with Gasteiger partial charge in [0.2, 0.25) is 0 Å². The highest BCUT2D eigenvalue weighted by atomic mass is 32.2. The number of hydrogen-bond donors (Lipinski definition) is 2. The molecule has 0 saturated carbocycles. The first kappa shape index (κ1) is 18.1. The summed E-state index contributed by atoms with van der Waals surface area (Å²) in [5, 5.41) is 2.78. The zero-order valence-corrected chi connectivity index (χ0v) is 15.3. The van der Waals surface area contributed by atoms with E-state index in [1.165, 1.54) is 19.2 Å². The van der Waals surface area contributed by atoms with Crippen LogP contribution in [0.4, 0.5) is 16.2 Å². The third-order valence-electron chi connectivity index (χ3n) is 4.13. The molecule has 0 unspecified atom stereocenters. The van der Waals surface area contributed by atoms with Crippen LogP contribution in [0.3, 0.4) is 0 Å². The van der Waals surface area contributed by atoms with Gasteiger partial charge in [0.1, 0.15) is 5.75 Å². The van der Waals surface area contributed by atoms with E-state index in [1.807, 2.05) is 0 Å². The van der Waals surface area contributed by atoms with E-state index in [0.717, 1.165) is 25.9 Å². The summed E-state index contributed by atoms with van der Waals surface area (Å²) in [4.78, 5) is 13.9. The monoisotopic (exact) mass is 375 g/mol. The number of nitrogens with one attached hydrogen (secondary N) is 2. The van der Waals surface area contributed by atoms with Gasteiger partial charge in [-0.15, -0.1) is 0 Å². The summed E-state index contributed by atoms with van der Waals surface area (Å²) in [6.45, 7) is 1.51. The van der Waals surface area contributed by atoms with E-state index >= 15 is 0 Å². The molecule has 0 atom stereocenters. The summed E-state index contributed by atoms with van der Waals surface area (Å²) >= 11 is 0. The number of carbonyl (C=O) groups is 1. The van der Waals surface area contributed by atoms with Crippen molar-refractivity contribution < 1.29 is 17.9 Å². The first-order chi connectivity index (χ1) is 12.5. The van der Waals surface area contributed by atoms with Crippen molar-refractivity contribution >= 4 is 27.4 Å². The van der Waals surface area contributed by atoms with Gasteiger partial charge >= 0.3 is 6.03 Å². The summed E-state index contributed by atoms with van der Waals surface area (Å²) < 4.78 is 32.6. The SMILES string of the molecule is COc1cccc(NS(=O)(=O)c2ccc(NC(=O)N3CCCC3)cc2)c1. The Morgan fingerprint density at radius 1 is 1.04 bits per heavy atom. The van der Waals surface area contributed by atoms with Crippen molar-refractivity contribution in [2.45, 2.75) is 17.7 Å². The number of ether oxygens (including phenoxy) is 1. The number of carbonyl (C=O) groups excluding carboxylic acids is 1. The van der Waals surface area contributed by atoms with Crippen LogP contribution in [0.15, 0.2) is 53.4 Å². The highest BCUT2D eigenvalue weighted by Crippen LogP contribution is 2.22. The van der Waals surface area contributed by atoms with Crippen LogP contribution < -0.4 is 14.8 Å². The number of likely N-dealkylation sites (tertiary alicyclic amines) is 1. The fraction of sp³-hybridized carbons (Fsp3) is 0.278. The average molecular weight is 375 g/mol. The number of hydrogen-bond acceptors (Lipinski definition) is 4. The molecule has 0 bridgehead atoms. The minimum atomic E-state index is -3.73. The minimum Gasteiger partial charge on any atom is -0.497 e. The van der Waals surface area contributed by atoms with Gasteiger partial charge in [-0.05, 0) is 49.2 Å². The quantitative estimate of drug-likeness (QED) is 0.840. The molecule has 0 spiro atoms. The highest BCUT2D eigenvalue weighted by molar-refractivity contribution is 7.92. The van der Waals surface area contributed by atoms with E-state index in [2.05, 4.69) is 10.0 Å². The maximum Gasteiger partial charge on any atom is 0.321 e. The summed E-state index contributed by atoms with van der Waals surface area (Å²) in [7, 11) is -2.21. The van der Waals surface area contributed by atoms with Gasteiger partial charge in [0.25, 0.3) is 10.0 Å². The van der Waals surface area contributed by atoms with Gasteiger partial charge in [0.15, 0.2) is 0 Å². The summed E-state index contributed by atoms with van der Waals surface area (Å²) in [5.41, 5.74) is 0.970. The molecule has 2 N–H and O–H groups in total. The third-order valence-corrected chi connectivity index (χ3v) is 5.53. The predicted molar refractivity (Wildman–Crippen MR) is 100 cm³/mol. The third kappa shape index (κ3) is 4.26. The van der Waals surface area contributed by atoms with E-state index in [1.54, 1.807) is 41.3 Å². The number of urea groups is 1. The Hall–Kier alpha value is -2.74. The molecule has 1 heterocycles. The molecular formula is C18H21N3O4S. The standard InChI is InChI=1S/C18H21N3O4S/c1-25-16-6-4-5-15(13-16)20-26(23,24)17-9-7-14(8-10-17)19-18(22)21-11-2-3-12-21/h4-10,13,20H,2-3,11-12H2,1H3,(H,19,22). The Morgan fingerprint density at radius 3 is 2.38 bits per heavy atom. The second-order valence-electron chi connectivity index (χ2n) is 5.99. The van der Waals surface area contributed by atoms with Crippen LogP contribution in [0.25, 0.3) is 0 Å². The van der Waals surface area contributed by atoms with E-state index < -0.39 is 10.0 Å². The maximum atomic E-state index is 12.5. The van der Waals surface area contributed by atoms with Crippen molar-refractivity contribution in [2.24, 2.45) is 0 Å². The van der Waals surface area contributed by atoms with E-state index in [9.17, 15) is 13.2 Å². The van der Waals surface area contributed by atoms with Gasteiger partial charge in [0, 0.05) is 24.8 Å². The lowest BCUT2D eigenvalue weighted by Crippen LogP contribution is -2.32. The molecule has 3 rings (SSSR count). The number of nitrogens with zero attached hydrogens (tertiary/aromatic N) is 1. The molecule has 0 radical (unpaired) electrons. The Balaban J connectivity index is 1.69. The zero-order valence-electron chi connectivity index (χ0n) is 14.4. The van der Waals surface area contributed by atoms with Crippen LogP contribution in [0.5, 0.6) is 5.75 Å². The molecule has 2 amide bonds. The molecule has 7 nitrogen and oxygen atoms in total. The number of amides is 2. The number of methoxy groups -OCH3 is 1. The molecule has 1 saturated heterocycles. The molecule has 8 heteroatoms. The van der Waals surface area contributed by atoms with Crippen molar-refractivity contribution in [3.63, 3.8) is 0 Å². The Kier molecular flexibility index (Phi) is 5.32. The van der Waals surface area contributed by atoms with Crippen LogP contribution in [-0.4, -0.2) is 39.5 Å². The fourth-order valence-electron chi connectivity index (χ4n) is 2.74. The van der Waals surface area contributed by atoms with Crippen molar-refractivity contribution in [1.82, 2.24) is 4.90 Å². The normalized spacial score (nSPS) is 14.1. The van der Waals surface area contributed by atoms with Crippen LogP contribution in [0, 0.1) is 0 Å². The van der Waals surface area contributed by atoms with E-state index in [4.69, 9.17) is 4.74 Å². The summed E-state index contributed by atoms with van der Waals surface area (Å²) in [5.74, 6) is 0.560. The fourth-order valence-corrected chi connectivity index (χ4v) is 3.79. The molecule has 2 aromatic carbocycles. The van der Waals surface area contributed by atoms with Crippen LogP contribution in [0.1, 0.15) is 12.8 Å². The number of rotatable bonds is 5. The number of anilines is 2. The first-order valence-electron chi connectivity index (χ1n) is 8.31. The minimum absolute atomic E-state index is 0.111. The Bertz CT molecular complexity index is 876. The van der Waals surface area contributed by atoms with Gasteiger partial charge < -0.3 is 15.0 Å². The van der Waals surface area contributed by atoms with Gasteiger partial charge in [-0.3, -0.25) is 4.72 Å². The number of benzene rings is 2. The largest absolute Gasteiger partial charge is 0.497 e. The van der Waals surface area contributed by atoms with Crippen molar-refractivity contribution in [3.05, 3.63) is 48.5 Å². The second-order valence-corrected chi connectivity index (χ2v) is 7.67. The van der Waals surface area contributed by atoms with Crippen LogP contribution >= 0.6 is 0 Å². The molecule has 0 aromatic heterocycles. The molecular weight excluding hydrogens is 354 g/mol. The topological polar surface area (TPSA) is 87.7 Å². The second kappa shape index (κ2) is 7.65. The molecule has 2 aromatic rings. The average Bonchev–Trinajstić information content (AvgIpc) is 3.17. The van der Waals surface area contributed by atoms with Crippen molar-refractivity contribution in [3.8, 4) is 5.75 Å².